The fourth-order valence-corrected chi connectivity index (χ4v) is 3.28. The minimum absolute atomic E-state index is 0.118. The third-order valence-electron chi connectivity index (χ3n) is 4.00. The predicted molar refractivity (Wildman–Crippen MR) is 88.6 cm³/mol. The summed E-state index contributed by atoms with van der Waals surface area (Å²) in [4.78, 5) is 0. The van der Waals surface area contributed by atoms with E-state index in [0.29, 0.717) is 17.6 Å². The summed E-state index contributed by atoms with van der Waals surface area (Å²) in [6.45, 7) is 13.4. The van der Waals surface area contributed by atoms with Gasteiger partial charge in [-0.3, -0.25) is 0 Å². The molecule has 1 heterocycles. The molecule has 21 heavy (non-hydrogen) atoms. The predicted octanol–water partition coefficient (Wildman–Crippen LogP) is 5.59. The minimum atomic E-state index is -0.511. The van der Waals surface area contributed by atoms with Gasteiger partial charge < -0.3 is 9.52 Å². The minimum Gasteiger partial charge on any atom is -0.458 e. The highest BCUT2D eigenvalue weighted by molar-refractivity contribution is 5.79. The van der Waals surface area contributed by atoms with E-state index < -0.39 is 6.10 Å². The van der Waals surface area contributed by atoms with E-state index in [-0.39, 0.29) is 5.41 Å². The molecule has 0 radical (unpaired) electrons. The van der Waals surface area contributed by atoms with Crippen LogP contribution in [0.1, 0.15) is 71.8 Å². The molecule has 0 fully saturated rings. The van der Waals surface area contributed by atoms with Gasteiger partial charge in [0.15, 0.2) is 0 Å². The normalized spacial score (nSPS) is 14.6. The Labute approximate surface area is 128 Å². The number of fused-ring (bicyclic) bond motifs is 1. The van der Waals surface area contributed by atoms with Gasteiger partial charge in [0.25, 0.3) is 0 Å². The zero-order valence-electron chi connectivity index (χ0n) is 14.2. The Morgan fingerprint density at radius 2 is 1.76 bits per heavy atom. The maximum absolute atomic E-state index is 9.92. The number of aliphatic hydroxyl groups is 1. The SMILES string of the molecule is CCC(O)c1cc2cc(C(C)(C)CC(C)(C)C)ccc2o1. The second-order valence-electron chi connectivity index (χ2n) is 7.95. The maximum atomic E-state index is 9.92. The van der Waals surface area contributed by atoms with E-state index in [4.69, 9.17) is 4.42 Å². The third-order valence-corrected chi connectivity index (χ3v) is 4.00. The first-order valence-electron chi connectivity index (χ1n) is 7.84. The molecule has 1 aromatic carbocycles. The fraction of sp³-hybridized carbons (Fsp3) is 0.579. The molecule has 1 aromatic heterocycles. The van der Waals surface area contributed by atoms with Crippen LogP contribution < -0.4 is 0 Å². The summed E-state index contributed by atoms with van der Waals surface area (Å²) >= 11 is 0. The van der Waals surface area contributed by atoms with Crippen molar-refractivity contribution >= 4 is 11.0 Å². The highest BCUT2D eigenvalue weighted by Gasteiger charge is 2.27. The highest BCUT2D eigenvalue weighted by atomic mass is 16.4. The van der Waals surface area contributed by atoms with E-state index in [1.807, 2.05) is 19.1 Å². The lowest BCUT2D eigenvalue weighted by molar-refractivity contribution is 0.148. The topological polar surface area (TPSA) is 33.4 Å². The van der Waals surface area contributed by atoms with Gasteiger partial charge in [0, 0.05) is 5.39 Å². The van der Waals surface area contributed by atoms with E-state index in [1.165, 1.54) is 5.56 Å². The molecule has 0 aliphatic rings. The molecule has 0 bridgehead atoms. The lowest BCUT2D eigenvalue weighted by Gasteiger charge is -2.33. The molecule has 1 N–H and O–H groups in total. The number of rotatable bonds is 4. The van der Waals surface area contributed by atoms with Crippen molar-refractivity contribution in [3.05, 3.63) is 35.6 Å². The van der Waals surface area contributed by atoms with Gasteiger partial charge in [-0.2, -0.15) is 0 Å². The van der Waals surface area contributed by atoms with Crippen molar-refractivity contribution in [1.82, 2.24) is 0 Å². The van der Waals surface area contributed by atoms with E-state index in [9.17, 15) is 5.11 Å². The molecule has 0 aliphatic heterocycles. The lowest BCUT2D eigenvalue weighted by Crippen LogP contribution is -2.24. The van der Waals surface area contributed by atoms with Gasteiger partial charge >= 0.3 is 0 Å². The van der Waals surface area contributed by atoms with Gasteiger partial charge in [-0.15, -0.1) is 0 Å². The van der Waals surface area contributed by atoms with Gasteiger partial charge in [-0.1, -0.05) is 47.6 Å². The van der Waals surface area contributed by atoms with Crippen molar-refractivity contribution in [3.63, 3.8) is 0 Å². The van der Waals surface area contributed by atoms with Crippen LogP contribution in [-0.2, 0) is 5.41 Å². The van der Waals surface area contributed by atoms with Crippen LogP contribution in [0.4, 0.5) is 0 Å². The lowest BCUT2D eigenvalue weighted by atomic mass is 9.72. The van der Waals surface area contributed by atoms with Gasteiger partial charge in [0.1, 0.15) is 17.4 Å². The molecular formula is C19H28O2. The van der Waals surface area contributed by atoms with Crippen molar-refractivity contribution in [2.45, 2.75) is 65.9 Å². The van der Waals surface area contributed by atoms with Gasteiger partial charge in [-0.05, 0) is 47.4 Å². The number of aliphatic hydroxyl groups excluding tert-OH is 1. The van der Waals surface area contributed by atoms with Crippen LogP contribution in [0, 0.1) is 5.41 Å². The van der Waals surface area contributed by atoms with Gasteiger partial charge in [-0.25, -0.2) is 0 Å². The van der Waals surface area contributed by atoms with Crippen molar-refractivity contribution in [2.75, 3.05) is 0 Å². The first-order chi connectivity index (χ1) is 9.62. The smallest absolute Gasteiger partial charge is 0.134 e. The molecule has 116 valence electrons. The zero-order chi connectivity index (χ0) is 15.8. The van der Waals surface area contributed by atoms with E-state index in [2.05, 4.69) is 46.8 Å². The van der Waals surface area contributed by atoms with Crippen molar-refractivity contribution in [2.24, 2.45) is 5.41 Å². The summed E-state index contributed by atoms with van der Waals surface area (Å²) in [7, 11) is 0. The monoisotopic (exact) mass is 288 g/mol. The Morgan fingerprint density at radius 3 is 2.33 bits per heavy atom. The summed E-state index contributed by atoms with van der Waals surface area (Å²) < 4.78 is 5.74. The molecule has 2 aromatic rings. The molecular weight excluding hydrogens is 260 g/mol. The summed E-state index contributed by atoms with van der Waals surface area (Å²) in [6.07, 6.45) is 1.28. The number of hydrogen-bond donors (Lipinski definition) is 1. The molecule has 0 saturated carbocycles. The Balaban J connectivity index is 2.38. The molecule has 0 saturated heterocycles. The Morgan fingerprint density at radius 1 is 1.10 bits per heavy atom. The number of benzene rings is 1. The Hall–Kier alpha value is -1.28. The second kappa shape index (κ2) is 5.49. The van der Waals surface area contributed by atoms with Gasteiger partial charge in [0.2, 0.25) is 0 Å². The molecule has 0 spiro atoms. The zero-order valence-corrected chi connectivity index (χ0v) is 14.2. The van der Waals surface area contributed by atoms with Gasteiger partial charge in [0.05, 0.1) is 0 Å². The fourth-order valence-electron chi connectivity index (χ4n) is 3.28. The molecule has 1 atom stereocenters. The molecule has 1 unspecified atom stereocenters. The van der Waals surface area contributed by atoms with Crippen molar-refractivity contribution in [3.8, 4) is 0 Å². The Bertz CT molecular complexity index is 614. The molecule has 2 heteroatoms. The highest BCUT2D eigenvalue weighted by Crippen LogP contribution is 2.38. The average Bonchev–Trinajstić information content (AvgIpc) is 2.77. The van der Waals surface area contributed by atoms with Crippen LogP contribution in [0.5, 0.6) is 0 Å². The van der Waals surface area contributed by atoms with Crippen LogP contribution in [0.2, 0.25) is 0 Å². The van der Waals surface area contributed by atoms with Crippen LogP contribution in [-0.4, -0.2) is 5.11 Å². The largest absolute Gasteiger partial charge is 0.458 e. The standard InChI is InChI=1S/C19H28O2/c1-7-15(20)17-11-13-10-14(8-9-16(13)21-17)19(5,6)12-18(2,3)4/h8-11,15,20H,7,12H2,1-6H3. The van der Waals surface area contributed by atoms with Crippen LogP contribution in [0.3, 0.4) is 0 Å². The summed E-state index contributed by atoms with van der Waals surface area (Å²) in [5.41, 5.74) is 2.59. The number of hydrogen-bond acceptors (Lipinski definition) is 2. The Kier molecular flexibility index (Phi) is 4.21. The van der Waals surface area contributed by atoms with Crippen molar-refractivity contribution < 1.29 is 9.52 Å². The molecule has 0 amide bonds. The molecule has 0 aliphatic carbocycles. The number of furan rings is 1. The maximum Gasteiger partial charge on any atom is 0.134 e. The van der Waals surface area contributed by atoms with Crippen LogP contribution in [0.15, 0.2) is 28.7 Å². The van der Waals surface area contributed by atoms with E-state index in [1.54, 1.807) is 0 Å². The summed E-state index contributed by atoms with van der Waals surface area (Å²) in [6, 6.07) is 8.36. The quantitative estimate of drug-likeness (QED) is 0.795. The summed E-state index contributed by atoms with van der Waals surface area (Å²) in [5, 5.41) is 11.0. The first kappa shape index (κ1) is 16.1. The average molecular weight is 288 g/mol. The third kappa shape index (κ3) is 3.68. The van der Waals surface area contributed by atoms with Crippen LogP contribution in [0.25, 0.3) is 11.0 Å². The second-order valence-corrected chi connectivity index (χ2v) is 7.95. The first-order valence-corrected chi connectivity index (χ1v) is 7.84. The van der Waals surface area contributed by atoms with E-state index >= 15 is 0 Å². The van der Waals surface area contributed by atoms with Crippen LogP contribution >= 0.6 is 0 Å². The van der Waals surface area contributed by atoms with Crippen molar-refractivity contribution in [1.29, 1.82) is 0 Å². The molecule has 2 nitrogen and oxygen atoms in total. The van der Waals surface area contributed by atoms with E-state index in [0.717, 1.165) is 17.4 Å². The summed E-state index contributed by atoms with van der Waals surface area (Å²) in [5.74, 6) is 0.665. The molecule has 2 rings (SSSR count).